The quantitative estimate of drug-likeness (QED) is 0.452. The van der Waals surface area contributed by atoms with Gasteiger partial charge < -0.3 is 5.48 Å². The Morgan fingerprint density at radius 3 is 1.81 bits per heavy atom. The molecule has 0 unspecified atom stereocenters. The summed E-state index contributed by atoms with van der Waals surface area (Å²) in [5.41, 5.74) is 4.50. The normalized spacial score (nSPS) is 10.4. The van der Waals surface area contributed by atoms with Crippen LogP contribution in [0.3, 0.4) is 0 Å². The van der Waals surface area contributed by atoms with Gasteiger partial charge in [-0.1, -0.05) is 82.9 Å². The Balaban J connectivity index is 0.00000400. The summed E-state index contributed by atoms with van der Waals surface area (Å²) in [6.45, 7) is 6.77. The fraction of sp³-hybridized carbons (Fsp3) is 0.700. The lowest BCUT2D eigenvalue weighted by molar-refractivity contribution is 0.556. The van der Waals surface area contributed by atoms with Crippen molar-refractivity contribution in [3.05, 3.63) is 34.9 Å². The first-order valence-electron chi connectivity index (χ1n) is 8.80. The number of rotatable bonds is 11. The predicted molar refractivity (Wildman–Crippen MR) is 95.1 cm³/mol. The van der Waals surface area contributed by atoms with Crippen LogP contribution in [0.1, 0.15) is 87.8 Å². The summed E-state index contributed by atoms with van der Waals surface area (Å²) in [4.78, 5) is 0. The van der Waals surface area contributed by atoms with Crippen molar-refractivity contribution in [3.63, 3.8) is 0 Å². The van der Waals surface area contributed by atoms with Crippen molar-refractivity contribution >= 4 is 0 Å². The molecule has 0 radical (unpaired) electrons. The first-order valence-corrected chi connectivity index (χ1v) is 8.80. The van der Waals surface area contributed by atoms with Gasteiger partial charge in [0.1, 0.15) is 0 Å². The molecular formula is C20H36O. The third-order valence-electron chi connectivity index (χ3n) is 4.52. The molecule has 0 spiro atoms. The second-order valence-electron chi connectivity index (χ2n) is 6.29. The van der Waals surface area contributed by atoms with Crippen LogP contribution in [0.2, 0.25) is 0 Å². The SMILES string of the molecule is CCCCCCCCCCCCc1cccc(C)c1C.O. The molecule has 0 amide bonds. The number of aryl methyl sites for hydroxylation is 2. The molecule has 0 aliphatic rings. The van der Waals surface area contributed by atoms with Crippen molar-refractivity contribution in [3.8, 4) is 0 Å². The van der Waals surface area contributed by atoms with Gasteiger partial charge in [-0.2, -0.15) is 0 Å². The van der Waals surface area contributed by atoms with E-state index in [1.165, 1.54) is 81.8 Å². The molecule has 122 valence electrons. The van der Waals surface area contributed by atoms with Crippen molar-refractivity contribution < 1.29 is 5.48 Å². The molecule has 1 rings (SSSR count). The third-order valence-corrected chi connectivity index (χ3v) is 4.52. The van der Waals surface area contributed by atoms with E-state index in [1.807, 2.05) is 0 Å². The highest BCUT2D eigenvalue weighted by atomic mass is 16.0. The highest BCUT2D eigenvalue weighted by Gasteiger charge is 2.00. The van der Waals surface area contributed by atoms with Crippen molar-refractivity contribution in [2.24, 2.45) is 0 Å². The fourth-order valence-corrected chi connectivity index (χ4v) is 2.89. The van der Waals surface area contributed by atoms with E-state index in [1.54, 1.807) is 5.56 Å². The fourth-order valence-electron chi connectivity index (χ4n) is 2.89. The molecule has 1 aromatic rings. The van der Waals surface area contributed by atoms with Gasteiger partial charge in [-0.25, -0.2) is 0 Å². The molecule has 0 bridgehead atoms. The van der Waals surface area contributed by atoms with E-state index in [2.05, 4.69) is 39.0 Å². The van der Waals surface area contributed by atoms with Crippen LogP contribution in [-0.2, 0) is 6.42 Å². The van der Waals surface area contributed by atoms with E-state index < -0.39 is 0 Å². The minimum Gasteiger partial charge on any atom is -0.412 e. The van der Waals surface area contributed by atoms with E-state index in [4.69, 9.17) is 0 Å². The lowest BCUT2D eigenvalue weighted by Crippen LogP contribution is -1.92. The van der Waals surface area contributed by atoms with Gasteiger partial charge in [0.25, 0.3) is 0 Å². The molecule has 0 aliphatic carbocycles. The van der Waals surface area contributed by atoms with E-state index in [9.17, 15) is 0 Å². The molecule has 1 heteroatoms. The van der Waals surface area contributed by atoms with Crippen LogP contribution in [0.5, 0.6) is 0 Å². The van der Waals surface area contributed by atoms with Gasteiger partial charge in [0, 0.05) is 0 Å². The maximum absolute atomic E-state index is 2.30. The first-order chi connectivity index (χ1) is 9.75. The Labute approximate surface area is 132 Å². The number of hydrogen-bond donors (Lipinski definition) is 0. The van der Waals surface area contributed by atoms with Crippen LogP contribution in [-0.4, -0.2) is 5.48 Å². The summed E-state index contributed by atoms with van der Waals surface area (Å²) < 4.78 is 0. The van der Waals surface area contributed by atoms with Crippen LogP contribution < -0.4 is 0 Å². The number of benzene rings is 1. The van der Waals surface area contributed by atoms with Crippen LogP contribution in [0.15, 0.2) is 18.2 Å². The number of unbranched alkanes of at least 4 members (excludes halogenated alkanes) is 9. The van der Waals surface area contributed by atoms with E-state index >= 15 is 0 Å². The predicted octanol–water partition coefficient (Wildman–Crippen LogP) is 5.94. The Morgan fingerprint density at radius 2 is 1.24 bits per heavy atom. The van der Waals surface area contributed by atoms with E-state index in [0.29, 0.717) is 0 Å². The summed E-state index contributed by atoms with van der Waals surface area (Å²) in [5, 5.41) is 0. The largest absolute Gasteiger partial charge is 0.412 e. The van der Waals surface area contributed by atoms with E-state index in [0.717, 1.165) is 0 Å². The standard InChI is InChI=1S/C20H34.H2O/c1-4-5-6-7-8-9-10-11-12-13-16-20-17-14-15-18(2)19(20)3;/h14-15,17H,4-13,16H2,1-3H3;1H2. The lowest BCUT2D eigenvalue weighted by atomic mass is 9.98. The molecular weight excluding hydrogens is 256 g/mol. The van der Waals surface area contributed by atoms with Crippen LogP contribution in [0.25, 0.3) is 0 Å². The topological polar surface area (TPSA) is 31.5 Å². The van der Waals surface area contributed by atoms with Gasteiger partial charge >= 0.3 is 0 Å². The zero-order valence-corrected chi connectivity index (χ0v) is 14.5. The van der Waals surface area contributed by atoms with Gasteiger partial charge in [-0.3, -0.25) is 0 Å². The second kappa shape index (κ2) is 12.9. The maximum atomic E-state index is 2.30. The van der Waals surface area contributed by atoms with Crippen molar-refractivity contribution in [2.45, 2.75) is 91.4 Å². The molecule has 0 saturated heterocycles. The van der Waals surface area contributed by atoms with Gasteiger partial charge in [0.15, 0.2) is 0 Å². The van der Waals surface area contributed by atoms with Gasteiger partial charge in [0.05, 0.1) is 0 Å². The Morgan fingerprint density at radius 1 is 0.714 bits per heavy atom. The Hall–Kier alpha value is -0.820. The summed E-state index contributed by atoms with van der Waals surface area (Å²) >= 11 is 0. The molecule has 1 aromatic carbocycles. The third kappa shape index (κ3) is 8.93. The first kappa shape index (κ1) is 20.2. The maximum Gasteiger partial charge on any atom is -0.0276 e. The minimum absolute atomic E-state index is 0. The van der Waals surface area contributed by atoms with Crippen molar-refractivity contribution in [1.29, 1.82) is 0 Å². The zero-order valence-electron chi connectivity index (χ0n) is 14.5. The number of hydrogen-bond acceptors (Lipinski definition) is 0. The summed E-state index contributed by atoms with van der Waals surface area (Å²) in [6, 6.07) is 6.72. The average molecular weight is 293 g/mol. The average Bonchev–Trinajstić information content (AvgIpc) is 2.45. The molecule has 0 atom stereocenters. The van der Waals surface area contributed by atoms with Gasteiger partial charge in [0.2, 0.25) is 0 Å². The second-order valence-corrected chi connectivity index (χ2v) is 6.29. The smallest absolute Gasteiger partial charge is 0.0276 e. The molecule has 0 aliphatic heterocycles. The molecule has 0 saturated carbocycles. The minimum atomic E-state index is 0. The Bertz CT molecular complexity index is 357. The summed E-state index contributed by atoms with van der Waals surface area (Å²) in [6.07, 6.45) is 15.5. The highest BCUT2D eigenvalue weighted by molar-refractivity contribution is 5.33. The summed E-state index contributed by atoms with van der Waals surface area (Å²) in [5.74, 6) is 0. The lowest BCUT2D eigenvalue weighted by Gasteiger charge is -2.08. The van der Waals surface area contributed by atoms with E-state index in [-0.39, 0.29) is 5.48 Å². The molecule has 21 heavy (non-hydrogen) atoms. The van der Waals surface area contributed by atoms with Crippen molar-refractivity contribution in [2.75, 3.05) is 0 Å². The molecule has 2 N–H and O–H groups in total. The molecule has 0 aromatic heterocycles. The Kier molecular flexibility index (Phi) is 12.4. The highest BCUT2D eigenvalue weighted by Crippen LogP contribution is 2.16. The summed E-state index contributed by atoms with van der Waals surface area (Å²) in [7, 11) is 0. The van der Waals surface area contributed by atoms with Gasteiger partial charge in [-0.05, 0) is 43.4 Å². The van der Waals surface area contributed by atoms with Gasteiger partial charge in [-0.15, -0.1) is 0 Å². The van der Waals surface area contributed by atoms with Crippen molar-refractivity contribution in [1.82, 2.24) is 0 Å². The van der Waals surface area contributed by atoms with Crippen LogP contribution in [0, 0.1) is 13.8 Å². The zero-order chi connectivity index (χ0) is 14.6. The van der Waals surface area contributed by atoms with Crippen LogP contribution >= 0.6 is 0 Å². The van der Waals surface area contributed by atoms with Crippen LogP contribution in [0.4, 0.5) is 0 Å². The molecule has 0 fully saturated rings. The molecule has 1 nitrogen and oxygen atoms in total. The molecule has 0 heterocycles. The monoisotopic (exact) mass is 292 g/mol.